The second-order valence-electron chi connectivity index (χ2n) is 6.29. The fraction of sp³-hybridized carbons (Fsp3) is 0.0455. The fourth-order valence-corrected chi connectivity index (χ4v) is 3.05. The van der Waals surface area contributed by atoms with Crippen LogP contribution in [0.3, 0.4) is 0 Å². The molecule has 0 fully saturated rings. The van der Waals surface area contributed by atoms with E-state index in [0.29, 0.717) is 17.3 Å². The molecule has 4 aromatic rings. The Morgan fingerprint density at radius 3 is 2.68 bits per heavy atom. The Morgan fingerprint density at radius 2 is 1.82 bits per heavy atom. The van der Waals surface area contributed by atoms with Crippen LogP contribution >= 0.6 is 11.6 Å². The molecule has 0 saturated carbocycles. The maximum Gasteiger partial charge on any atom is 0.291 e. The first kappa shape index (κ1) is 17.9. The van der Waals surface area contributed by atoms with Gasteiger partial charge in [-0.3, -0.25) is 9.48 Å². The van der Waals surface area contributed by atoms with Crippen LogP contribution in [0.2, 0.25) is 5.02 Å². The van der Waals surface area contributed by atoms with E-state index in [4.69, 9.17) is 11.6 Å². The Labute approximate surface area is 167 Å². The molecule has 138 valence electrons. The lowest BCUT2D eigenvalue weighted by Gasteiger charge is -2.02. The third kappa shape index (κ3) is 4.10. The van der Waals surface area contributed by atoms with Gasteiger partial charge < -0.3 is 0 Å². The molecule has 5 nitrogen and oxygen atoms in total. The molecule has 1 amide bonds. The highest BCUT2D eigenvalue weighted by Crippen LogP contribution is 2.16. The van der Waals surface area contributed by atoms with Gasteiger partial charge in [0.2, 0.25) is 0 Å². The number of carbonyl (C=O) groups excluding carboxylic acids is 1. The average Bonchev–Trinajstić information content (AvgIpc) is 3.18. The Hall–Kier alpha value is -3.44. The van der Waals surface area contributed by atoms with Crippen molar-refractivity contribution in [2.75, 3.05) is 0 Å². The molecule has 0 saturated heterocycles. The highest BCUT2D eigenvalue weighted by Gasteiger charge is 2.09. The van der Waals surface area contributed by atoms with Gasteiger partial charge in [-0.15, -0.1) is 0 Å². The summed E-state index contributed by atoms with van der Waals surface area (Å²) in [6.07, 6.45) is 3.41. The number of rotatable bonds is 5. The van der Waals surface area contributed by atoms with Crippen molar-refractivity contribution >= 4 is 34.5 Å². The normalized spacial score (nSPS) is 11.2. The van der Waals surface area contributed by atoms with Crippen molar-refractivity contribution in [2.45, 2.75) is 6.54 Å². The van der Waals surface area contributed by atoms with E-state index in [1.807, 2.05) is 66.7 Å². The van der Waals surface area contributed by atoms with Crippen LogP contribution in [-0.4, -0.2) is 21.9 Å². The van der Waals surface area contributed by atoms with Crippen LogP contribution in [0.1, 0.15) is 21.6 Å². The lowest BCUT2D eigenvalue weighted by Crippen LogP contribution is -2.18. The highest BCUT2D eigenvalue weighted by atomic mass is 35.5. The maximum atomic E-state index is 12.3. The van der Waals surface area contributed by atoms with Crippen LogP contribution in [0.15, 0.2) is 84.1 Å². The Balaban J connectivity index is 1.42. The number of carbonyl (C=O) groups is 1. The molecule has 1 aromatic heterocycles. The molecule has 0 bridgehead atoms. The van der Waals surface area contributed by atoms with E-state index in [-0.39, 0.29) is 5.91 Å². The quantitative estimate of drug-likeness (QED) is 0.404. The van der Waals surface area contributed by atoms with E-state index in [1.54, 1.807) is 23.2 Å². The van der Waals surface area contributed by atoms with Crippen molar-refractivity contribution in [1.82, 2.24) is 15.2 Å². The molecule has 4 rings (SSSR count). The molecule has 28 heavy (non-hydrogen) atoms. The Kier molecular flexibility index (Phi) is 5.17. The van der Waals surface area contributed by atoms with Crippen molar-refractivity contribution in [3.63, 3.8) is 0 Å². The summed E-state index contributed by atoms with van der Waals surface area (Å²) in [7, 11) is 0. The molecule has 0 spiro atoms. The first-order chi connectivity index (χ1) is 13.7. The zero-order chi connectivity index (χ0) is 19.3. The van der Waals surface area contributed by atoms with E-state index in [2.05, 4.69) is 15.6 Å². The highest BCUT2D eigenvalue weighted by molar-refractivity contribution is 6.30. The Morgan fingerprint density at radius 1 is 1.04 bits per heavy atom. The number of nitrogens with zero attached hydrogens (tertiary/aromatic N) is 3. The monoisotopic (exact) mass is 388 g/mol. The number of hydrogen-bond acceptors (Lipinski definition) is 3. The number of aromatic nitrogens is 2. The number of halogens is 1. The van der Waals surface area contributed by atoms with Crippen molar-refractivity contribution < 1.29 is 4.79 Å². The van der Waals surface area contributed by atoms with Gasteiger partial charge in [-0.25, -0.2) is 5.43 Å². The molecule has 1 N–H and O–H groups in total. The molecular weight excluding hydrogens is 372 g/mol. The van der Waals surface area contributed by atoms with Gasteiger partial charge >= 0.3 is 0 Å². The van der Waals surface area contributed by atoms with Gasteiger partial charge in [0.15, 0.2) is 5.69 Å². The van der Waals surface area contributed by atoms with Crippen LogP contribution in [0.4, 0.5) is 0 Å². The van der Waals surface area contributed by atoms with Gasteiger partial charge in [-0.1, -0.05) is 66.2 Å². The van der Waals surface area contributed by atoms with Crippen LogP contribution in [0, 0.1) is 0 Å². The average molecular weight is 389 g/mol. The van der Waals surface area contributed by atoms with Gasteiger partial charge in [-0.05, 0) is 34.5 Å². The number of nitrogens with one attached hydrogen (secondary N) is 1. The summed E-state index contributed by atoms with van der Waals surface area (Å²) in [5, 5.41) is 11.3. The minimum atomic E-state index is -0.355. The van der Waals surface area contributed by atoms with E-state index < -0.39 is 0 Å². The van der Waals surface area contributed by atoms with Crippen LogP contribution in [-0.2, 0) is 6.54 Å². The summed E-state index contributed by atoms with van der Waals surface area (Å²) in [6, 6.07) is 23.2. The lowest BCUT2D eigenvalue weighted by molar-refractivity contribution is 0.0949. The largest absolute Gasteiger partial charge is 0.291 e. The zero-order valence-electron chi connectivity index (χ0n) is 14.9. The number of fused-ring (bicyclic) bond motifs is 1. The maximum absolute atomic E-state index is 12.3. The minimum absolute atomic E-state index is 0.309. The molecule has 0 unspecified atom stereocenters. The molecule has 0 radical (unpaired) electrons. The van der Waals surface area contributed by atoms with Crippen molar-refractivity contribution in [3.05, 3.63) is 101 Å². The van der Waals surface area contributed by atoms with Gasteiger partial charge in [0.1, 0.15) is 0 Å². The summed E-state index contributed by atoms with van der Waals surface area (Å²) in [5.74, 6) is -0.355. The molecule has 3 aromatic carbocycles. The number of hydrogen-bond donors (Lipinski definition) is 1. The van der Waals surface area contributed by atoms with Crippen LogP contribution in [0.25, 0.3) is 10.8 Å². The summed E-state index contributed by atoms with van der Waals surface area (Å²) < 4.78 is 1.70. The summed E-state index contributed by atoms with van der Waals surface area (Å²) in [4.78, 5) is 12.3. The van der Waals surface area contributed by atoms with Crippen molar-refractivity contribution in [3.8, 4) is 0 Å². The number of amides is 1. The molecule has 1 heterocycles. The van der Waals surface area contributed by atoms with Gasteiger partial charge in [-0.2, -0.15) is 10.2 Å². The first-order valence-electron chi connectivity index (χ1n) is 8.78. The predicted octanol–water partition coefficient (Wildman–Crippen LogP) is 4.50. The van der Waals surface area contributed by atoms with Crippen LogP contribution in [0.5, 0.6) is 0 Å². The topological polar surface area (TPSA) is 59.3 Å². The SMILES string of the molecule is O=C(N/N=C/c1cccc2ccccc12)c1ccn(Cc2ccc(Cl)cc2)n1. The van der Waals surface area contributed by atoms with Gasteiger partial charge in [0.05, 0.1) is 12.8 Å². The second kappa shape index (κ2) is 8.06. The van der Waals surface area contributed by atoms with Crippen LogP contribution < -0.4 is 5.43 Å². The Bertz CT molecular complexity index is 1140. The van der Waals surface area contributed by atoms with E-state index in [1.165, 1.54) is 0 Å². The standard InChI is InChI=1S/C22H17ClN4O/c23-19-10-8-16(9-11-19)15-27-13-12-21(26-27)22(28)25-24-14-18-6-3-5-17-4-1-2-7-20(17)18/h1-14H,15H2,(H,25,28)/b24-14+. The van der Waals surface area contributed by atoms with Crippen molar-refractivity contribution in [1.29, 1.82) is 0 Å². The smallest absolute Gasteiger partial charge is 0.268 e. The molecular formula is C22H17ClN4O. The zero-order valence-corrected chi connectivity index (χ0v) is 15.7. The number of hydrazone groups is 1. The summed E-state index contributed by atoms with van der Waals surface area (Å²) in [6.45, 7) is 0.559. The molecule has 6 heteroatoms. The molecule has 0 aliphatic rings. The lowest BCUT2D eigenvalue weighted by atomic mass is 10.1. The third-order valence-electron chi connectivity index (χ3n) is 4.32. The summed E-state index contributed by atoms with van der Waals surface area (Å²) in [5.41, 5.74) is 4.83. The molecule has 0 aliphatic heterocycles. The third-order valence-corrected chi connectivity index (χ3v) is 4.58. The van der Waals surface area contributed by atoms with Crippen molar-refractivity contribution in [2.24, 2.45) is 5.10 Å². The first-order valence-corrected chi connectivity index (χ1v) is 9.16. The van der Waals surface area contributed by atoms with Gasteiger partial charge in [0.25, 0.3) is 5.91 Å². The predicted molar refractivity (Wildman–Crippen MR) is 112 cm³/mol. The van der Waals surface area contributed by atoms with E-state index >= 15 is 0 Å². The second-order valence-corrected chi connectivity index (χ2v) is 6.73. The van der Waals surface area contributed by atoms with E-state index in [9.17, 15) is 4.79 Å². The summed E-state index contributed by atoms with van der Waals surface area (Å²) >= 11 is 5.90. The molecule has 0 aliphatic carbocycles. The minimum Gasteiger partial charge on any atom is -0.268 e. The number of benzene rings is 3. The fourth-order valence-electron chi connectivity index (χ4n) is 2.93. The van der Waals surface area contributed by atoms with Gasteiger partial charge in [0, 0.05) is 16.8 Å². The van der Waals surface area contributed by atoms with E-state index in [0.717, 1.165) is 21.9 Å². The molecule has 0 atom stereocenters.